The molecular weight excluding hydrogens is 164 g/mol. The molecule has 1 unspecified atom stereocenters. The van der Waals surface area contributed by atoms with E-state index in [-0.39, 0.29) is 0 Å². The predicted octanol–water partition coefficient (Wildman–Crippen LogP) is 0.352. The van der Waals surface area contributed by atoms with Gasteiger partial charge in [0, 0.05) is 5.70 Å². The highest BCUT2D eigenvalue weighted by Gasteiger charge is 2.29. The van der Waals surface area contributed by atoms with Crippen LogP contribution in [0.2, 0.25) is 0 Å². The Morgan fingerprint density at radius 1 is 1.46 bits per heavy atom. The van der Waals surface area contributed by atoms with E-state index in [4.69, 9.17) is 0 Å². The zero-order valence-electron chi connectivity index (χ0n) is 8.31. The molecule has 0 spiro atoms. The lowest BCUT2D eigenvalue weighted by Crippen LogP contribution is -2.48. The van der Waals surface area contributed by atoms with Crippen molar-refractivity contribution in [1.29, 1.82) is 0 Å². The van der Waals surface area contributed by atoms with Gasteiger partial charge in [-0.1, -0.05) is 13.8 Å². The summed E-state index contributed by atoms with van der Waals surface area (Å²) in [6.45, 7) is 7.25. The van der Waals surface area contributed by atoms with Crippen LogP contribution in [0.1, 0.15) is 20.8 Å². The highest BCUT2D eigenvalue weighted by Crippen LogP contribution is 2.19. The van der Waals surface area contributed by atoms with E-state index in [1.54, 1.807) is 0 Å². The number of hydrogen-bond donors (Lipinski definition) is 3. The number of fused-ring (bicyclic) bond motifs is 1. The lowest BCUT2D eigenvalue weighted by molar-refractivity contribution is 0.513. The summed E-state index contributed by atoms with van der Waals surface area (Å²) in [6, 6.07) is 0.304. The summed E-state index contributed by atoms with van der Waals surface area (Å²) in [5.41, 5.74) is 6.68. The van der Waals surface area contributed by atoms with Crippen LogP contribution in [0.4, 0.5) is 0 Å². The van der Waals surface area contributed by atoms with Crippen LogP contribution in [-0.4, -0.2) is 18.4 Å². The van der Waals surface area contributed by atoms with Crippen LogP contribution < -0.4 is 16.1 Å². The van der Waals surface area contributed by atoms with Gasteiger partial charge in [-0.05, 0) is 12.8 Å². The van der Waals surface area contributed by atoms with Crippen LogP contribution in [0.25, 0.3) is 0 Å². The molecule has 0 aromatic carbocycles. The Balaban J connectivity index is 2.32. The molecule has 0 aromatic rings. The van der Waals surface area contributed by atoms with Crippen molar-refractivity contribution in [3.8, 4) is 0 Å². The maximum atomic E-state index is 4.22. The largest absolute Gasteiger partial charge is 0.374 e. The van der Waals surface area contributed by atoms with Gasteiger partial charge in [0.05, 0.1) is 24.1 Å². The van der Waals surface area contributed by atoms with E-state index in [0.29, 0.717) is 12.0 Å². The van der Waals surface area contributed by atoms with Crippen molar-refractivity contribution in [3.63, 3.8) is 0 Å². The summed E-state index contributed by atoms with van der Waals surface area (Å²) < 4.78 is 0. The summed E-state index contributed by atoms with van der Waals surface area (Å²) in [4.78, 5) is 0. The molecule has 72 valence electrons. The summed E-state index contributed by atoms with van der Waals surface area (Å²) in [5.74, 6) is 0.521. The Morgan fingerprint density at radius 3 is 2.92 bits per heavy atom. The normalized spacial score (nSPS) is 26.8. The molecule has 0 fully saturated rings. The molecule has 4 nitrogen and oxygen atoms in total. The summed E-state index contributed by atoms with van der Waals surface area (Å²) in [7, 11) is 0. The maximum absolute atomic E-state index is 4.22. The number of allylic oxidation sites excluding steroid dienone is 1. The maximum Gasteiger partial charge on any atom is 0.0924 e. The van der Waals surface area contributed by atoms with Gasteiger partial charge in [0.25, 0.3) is 0 Å². The van der Waals surface area contributed by atoms with E-state index in [1.807, 2.05) is 6.92 Å². The van der Waals surface area contributed by atoms with Gasteiger partial charge in [-0.25, -0.2) is 0 Å². The molecule has 0 saturated carbocycles. The molecule has 1 atom stereocenters. The summed E-state index contributed by atoms with van der Waals surface area (Å²) in [6.07, 6.45) is 0. The van der Waals surface area contributed by atoms with Crippen LogP contribution in [0, 0.1) is 5.92 Å². The first-order valence-electron chi connectivity index (χ1n) is 4.71. The summed E-state index contributed by atoms with van der Waals surface area (Å²) >= 11 is 0. The Bertz CT molecular complexity index is 277. The quantitative estimate of drug-likeness (QED) is 0.546. The second-order valence-electron chi connectivity index (χ2n) is 3.84. The molecule has 4 heteroatoms. The van der Waals surface area contributed by atoms with Gasteiger partial charge in [-0.2, -0.15) is 5.10 Å². The van der Waals surface area contributed by atoms with Crippen molar-refractivity contribution in [2.24, 2.45) is 11.0 Å². The van der Waals surface area contributed by atoms with E-state index < -0.39 is 0 Å². The van der Waals surface area contributed by atoms with Gasteiger partial charge in [0.1, 0.15) is 0 Å². The van der Waals surface area contributed by atoms with Crippen LogP contribution in [0.5, 0.6) is 0 Å². The third-order valence-corrected chi connectivity index (χ3v) is 2.51. The molecule has 2 heterocycles. The second-order valence-corrected chi connectivity index (χ2v) is 3.84. The monoisotopic (exact) mass is 180 g/mol. The fourth-order valence-corrected chi connectivity index (χ4v) is 1.81. The van der Waals surface area contributed by atoms with Crippen LogP contribution in [0.15, 0.2) is 16.5 Å². The van der Waals surface area contributed by atoms with E-state index in [1.165, 1.54) is 11.4 Å². The molecule has 0 saturated heterocycles. The lowest BCUT2D eigenvalue weighted by atomic mass is 10.0. The predicted molar refractivity (Wildman–Crippen MR) is 53.0 cm³/mol. The van der Waals surface area contributed by atoms with E-state index >= 15 is 0 Å². The van der Waals surface area contributed by atoms with Gasteiger partial charge in [-0.3, -0.25) is 10.7 Å². The van der Waals surface area contributed by atoms with Gasteiger partial charge >= 0.3 is 0 Å². The minimum absolute atomic E-state index is 0.304. The van der Waals surface area contributed by atoms with E-state index in [2.05, 4.69) is 35.0 Å². The van der Waals surface area contributed by atoms with E-state index in [9.17, 15) is 0 Å². The number of hydrogen-bond acceptors (Lipinski definition) is 4. The van der Waals surface area contributed by atoms with Crippen LogP contribution >= 0.6 is 0 Å². The standard InChI is InChI=1S/C9H16N4/c1-5(2)7-9-8(11-4-10-7)6(3)12-13-9/h5,8,10-11,13H,4H2,1-3H3. The van der Waals surface area contributed by atoms with Crippen molar-refractivity contribution >= 4 is 5.71 Å². The summed E-state index contributed by atoms with van der Waals surface area (Å²) in [5, 5.41) is 10.9. The smallest absolute Gasteiger partial charge is 0.0924 e. The number of nitrogens with zero attached hydrogens (tertiary/aromatic N) is 1. The molecule has 0 aromatic heterocycles. The molecule has 2 rings (SSSR count). The first-order chi connectivity index (χ1) is 6.20. The number of nitrogens with one attached hydrogen (secondary N) is 3. The van der Waals surface area contributed by atoms with Gasteiger partial charge in [0.2, 0.25) is 0 Å². The molecule has 13 heavy (non-hydrogen) atoms. The van der Waals surface area contributed by atoms with Crippen LogP contribution in [-0.2, 0) is 0 Å². The molecular formula is C9H16N4. The third-order valence-electron chi connectivity index (χ3n) is 2.51. The zero-order valence-corrected chi connectivity index (χ0v) is 8.31. The van der Waals surface area contributed by atoms with Crippen molar-refractivity contribution < 1.29 is 0 Å². The van der Waals surface area contributed by atoms with Crippen molar-refractivity contribution in [2.75, 3.05) is 6.67 Å². The Hall–Kier alpha value is -1.03. The molecule has 0 aliphatic carbocycles. The molecule has 2 aliphatic rings. The number of hydrazone groups is 1. The molecule has 2 aliphatic heterocycles. The first kappa shape index (κ1) is 8.56. The highest BCUT2D eigenvalue weighted by molar-refractivity contribution is 5.92. The average molecular weight is 180 g/mol. The minimum Gasteiger partial charge on any atom is -0.374 e. The second kappa shape index (κ2) is 3.03. The minimum atomic E-state index is 0.304. The Kier molecular flexibility index (Phi) is 2.00. The third kappa shape index (κ3) is 1.31. The molecule has 3 N–H and O–H groups in total. The van der Waals surface area contributed by atoms with Crippen molar-refractivity contribution in [3.05, 3.63) is 11.4 Å². The van der Waals surface area contributed by atoms with Crippen LogP contribution in [0.3, 0.4) is 0 Å². The fourth-order valence-electron chi connectivity index (χ4n) is 1.81. The Morgan fingerprint density at radius 2 is 2.23 bits per heavy atom. The van der Waals surface area contributed by atoms with Crippen molar-refractivity contribution in [2.45, 2.75) is 26.8 Å². The van der Waals surface area contributed by atoms with E-state index in [0.717, 1.165) is 12.4 Å². The topological polar surface area (TPSA) is 48.5 Å². The Labute approximate surface area is 78.5 Å². The van der Waals surface area contributed by atoms with Gasteiger partial charge in [0.15, 0.2) is 0 Å². The van der Waals surface area contributed by atoms with Gasteiger partial charge < -0.3 is 5.32 Å². The molecule has 0 amide bonds. The SMILES string of the molecule is CC1=NNC2=C(C(C)C)NCNC12. The number of rotatable bonds is 1. The highest BCUT2D eigenvalue weighted by atomic mass is 15.4. The first-order valence-corrected chi connectivity index (χ1v) is 4.71. The molecule has 0 bridgehead atoms. The zero-order chi connectivity index (χ0) is 9.42. The fraction of sp³-hybridized carbons (Fsp3) is 0.667. The van der Waals surface area contributed by atoms with Crippen molar-refractivity contribution in [1.82, 2.24) is 16.1 Å². The van der Waals surface area contributed by atoms with Gasteiger partial charge in [-0.15, -0.1) is 0 Å². The molecule has 0 radical (unpaired) electrons. The average Bonchev–Trinajstić information content (AvgIpc) is 2.48. The lowest BCUT2D eigenvalue weighted by Gasteiger charge is -2.27.